The minimum absolute atomic E-state index is 0.105. The second-order valence-electron chi connectivity index (χ2n) is 29.4. The highest BCUT2D eigenvalue weighted by Crippen LogP contribution is 2.45. The third-order valence-electron chi connectivity index (χ3n) is 18.2. The average molecular weight is 1410 g/mol. The van der Waals surface area contributed by atoms with Crippen LogP contribution in [0.25, 0.3) is 0 Å². The summed E-state index contributed by atoms with van der Waals surface area (Å²) in [4.78, 5) is 72.8. The van der Waals surface area contributed by atoms with Crippen molar-refractivity contribution in [2.75, 3.05) is 39.6 Å². The molecule has 0 spiro atoms. The van der Waals surface area contributed by atoms with Crippen LogP contribution in [0.5, 0.6) is 0 Å². The third-order valence-corrected chi connectivity index (χ3v) is 20.1. The van der Waals surface area contributed by atoms with Crippen LogP contribution in [0.4, 0.5) is 0 Å². The van der Waals surface area contributed by atoms with E-state index in [1.54, 1.807) is 0 Å². The van der Waals surface area contributed by atoms with Crippen LogP contribution in [-0.2, 0) is 65.4 Å². The fourth-order valence-electron chi connectivity index (χ4n) is 11.7. The van der Waals surface area contributed by atoms with Crippen molar-refractivity contribution in [1.29, 1.82) is 0 Å². The summed E-state index contributed by atoms with van der Waals surface area (Å²) in [5.74, 6) is 0.957. The van der Waals surface area contributed by atoms with E-state index >= 15 is 0 Å². The first-order valence-corrected chi connectivity index (χ1v) is 42.7. The maximum atomic E-state index is 13.1. The van der Waals surface area contributed by atoms with Gasteiger partial charge >= 0.3 is 39.5 Å². The molecular formula is C77H150O17P2. The van der Waals surface area contributed by atoms with E-state index in [-0.39, 0.29) is 25.7 Å². The molecule has 0 aliphatic carbocycles. The van der Waals surface area contributed by atoms with E-state index in [2.05, 4.69) is 55.4 Å². The number of carbonyl (C=O) groups is 4. The quantitative estimate of drug-likeness (QED) is 0.0222. The third kappa shape index (κ3) is 69.2. The molecule has 0 bridgehead atoms. The van der Waals surface area contributed by atoms with Crippen molar-refractivity contribution in [3.63, 3.8) is 0 Å². The van der Waals surface area contributed by atoms with Gasteiger partial charge in [-0.2, -0.15) is 0 Å². The van der Waals surface area contributed by atoms with E-state index < -0.39 is 97.5 Å². The van der Waals surface area contributed by atoms with Crippen molar-refractivity contribution < 1.29 is 80.2 Å². The first-order valence-electron chi connectivity index (χ1n) is 39.7. The minimum atomic E-state index is -4.96. The lowest BCUT2D eigenvalue weighted by Crippen LogP contribution is -2.30. The van der Waals surface area contributed by atoms with Crippen LogP contribution in [0, 0.1) is 23.7 Å². The molecule has 0 radical (unpaired) electrons. The number of rotatable bonds is 74. The fraction of sp³-hybridized carbons (Fsp3) is 0.948. The number of aliphatic hydroxyl groups is 1. The Kier molecular flexibility index (Phi) is 65.0. The van der Waals surface area contributed by atoms with Gasteiger partial charge < -0.3 is 33.8 Å². The number of carbonyl (C=O) groups excluding carboxylic acids is 4. The normalized spacial score (nSPS) is 14.4. The van der Waals surface area contributed by atoms with Crippen molar-refractivity contribution in [2.45, 2.75) is 408 Å². The molecule has 3 N–H and O–H groups in total. The zero-order chi connectivity index (χ0) is 71.0. The molecule has 4 unspecified atom stereocenters. The summed E-state index contributed by atoms with van der Waals surface area (Å²) in [5.41, 5.74) is 0. The van der Waals surface area contributed by atoms with Gasteiger partial charge in [-0.05, 0) is 49.4 Å². The number of phosphoric ester groups is 2. The van der Waals surface area contributed by atoms with E-state index in [1.807, 2.05) is 0 Å². The van der Waals surface area contributed by atoms with Gasteiger partial charge in [0.05, 0.1) is 26.4 Å². The molecule has 0 rings (SSSR count). The van der Waals surface area contributed by atoms with Gasteiger partial charge in [0.1, 0.15) is 19.3 Å². The van der Waals surface area contributed by atoms with Gasteiger partial charge in [-0.15, -0.1) is 0 Å². The molecule has 0 aliphatic rings. The van der Waals surface area contributed by atoms with E-state index in [1.165, 1.54) is 186 Å². The van der Waals surface area contributed by atoms with Crippen LogP contribution in [0.2, 0.25) is 0 Å². The van der Waals surface area contributed by atoms with Crippen LogP contribution in [0.1, 0.15) is 389 Å². The molecule has 0 aliphatic heterocycles. The highest BCUT2D eigenvalue weighted by molar-refractivity contribution is 7.47. The van der Waals surface area contributed by atoms with E-state index in [9.17, 15) is 43.2 Å². The summed E-state index contributed by atoms with van der Waals surface area (Å²) in [5, 5.41) is 10.6. The molecule has 17 nitrogen and oxygen atoms in total. The van der Waals surface area contributed by atoms with Gasteiger partial charge in [-0.25, -0.2) is 9.13 Å². The van der Waals surface area contributed by atoms with E-state index in [0.717, 1.165) is 114 Å². The number of aliphatic hydroxyl groups excluding tert-OH is 1. The maximum Gasteiger partial charge on any atom is 0.472 e. The Labute approximate surface area is 588 Å². The lowest BCUT2D eigenvalue weighted by Gasteiger charge is -2.21. The molecule has 0 saturated carbocycles. The first-order chi connectivity index (χ1) is 46.1. The number of hydrogen-bond donors (Lipinski definition) is 3. The van der Waals surface area contributed by atoms with Gasteiger partial charge in [0.2, 0.25) is 0 Å². The number of hydrogen-bond acceptors (Lipinski definition) is 15. The van der Waals surface area contributed by atoms with Crippen molar-refractivity contribution in [1.82, 2.24) is 0 Å². The van der Waals surface area contributed by atoms with E-state index in [0.29, 0.717) is 31.6 Å². The minimum Gasteiger partial charge on any atom is -0.462 e. The smallest absolute Gasteiger partial charge is 0.462 e. The monoisotopic (exact) mass is 1410 g/mol. The van der Waals surface area contributed by atoms with Crippen LogP contribution < -0.4 is 0 Å². The Balaban J connectivity index is 5.22. The summed E-state index contributed by atoms with van der Waals surface area (Å²) in [6.07, 6.45) is 51.4. The Morgan fingerprint density at radius 2 is 0.500 bits per heavy atom. The molecule has 0 aromatic carbocycles. The molecule has 0 fully saturated rings. The first kappa shape index (κ1) is 94.1. The zero-order valence-corrected chi connectivity index (χ0v) is 64.8. The molecule has 0 aromatic heterocycles. The van der Waals surface area contributed by atoms with Crippen molar-refractivity contribution in [3.8, 4) is 0 Å². The lowest BCUT2D eigenvalue weighted by atomic mass is 9.99. The Morgan fingerprint density at radius 1 is 0.292 bits per heavy atom. The van der Waals surface area contributed by atoms with Crippen LogP contribution >= 0.6 is 15.6 Å². The summed E-state index contributed by atoms with van der Waals surface area (Å²) in [6.45, 7) is 14.2. The molecular weight excluding hydrogens is 1260 g/mol. The molecule has 96 heavy (non-hydrogen) atoms. The predicted molar refractivity (Wildman–Crippen MR) is 391 cm³/mol. The largest absolute Gasteiger partial charge is 0.472 e. The second kappa shape index (κ2) is 66.3. The van der Waals surface area contributed by atoms with Crippen LogP contribution in [-0.4, -0.2) is 96.7 Å². The Bertz CT molecular complexity index is 1890. The van der Waals surface area contributed by atoms with Crippen molar-refractivity contribution in [3.05, 3.63) is 0 Å². The van der Waals surface area contributed by atoms with Gasteiger partial charge in [0, 0.05) is 25.7 Å². The van der Waals surface area contributed by atoms with Crippen molar-refractivity contribution in [2.24, 2.45) is 23.7 Å². The number of ether oxygens (including phenoxy) is 4. The fourth-order valence-corrected chi connectivity index (χ4v) is 13.3. The average Bonchev–Trinajstić information content (AvgIpc) is 2.10. The molecule has 0 saturated heterocycles. The van der Waals surface area contributed by atoms with Crippen LogP contribution in [0.15, 0.2) is 0 Å². The SMILES string of the molecule is CCC(C)CCCCCCCCCCCCCCCCC(=O)OC[C@H](COP(=O)(O)OCC(O)COP(=O)(O)OC[C@@H](COC(=O)CCCCCCCCCC(C)C)OC(=O)CCCCCCCCCCCCCCCC(C)C)OC(=O)CCCCCCCCCCCC(C)C. The highest BCUT2D eigenvalue weighted by Gasteiger charge is 2.30. The van der Waals surface area contributed by atoms with E-state index in [4.69, 9.17) is 37.0 Å². The lowest BCUT2D eigenvalue weighted by molar-refractivity contribution is -0.161. The van der Waals surface area contributed by atoms with Gasteiger partial charge in [-0.3, -0.25) is 37.3 Å². The highest BCUT2D eigenvalue weighted by atomic mass is 31.2. The predicted octanol–water partition coefficient (Wildman–Crippen LogP) is 22.4. The summed E-state index contributed by atoms with van der Waals surface area (Å²) >= 11 is 0. The molecule has 570 valence electrons. The zero-order valence-electron chi connectivity index (χ0n) is 63.0. The maximum absolute atomic E-state index is 13.1. The molecule has 0 aromatic rings. The Hall–Kier alpha value is -1.94. The summed E-state index contributed by atoms with van der Waals surface area (Å²) in [7, 11) is -9.91. The Morgan fingerprint density at radius 3 is 0.740 bits per heavy atom. The number of unbranched alkanes of at least 4 members (excludes halogenated alkanes) is 39. The second-order valence-corrected chi connectivity index (χ2v) is 32.3. The molecule has 0 heterocycles. The van der Waals surface area contributed by atoms with Crippen LogP contribution in [0.3, 0.4) is 0 Å². The van der Waals surface area contributed by atoms with Gasteiger partial charge in [0.15, 0.2) is 12.2 Å². The topological polar surface area (TPSA) is 237 Å². The standard InChI is InChI=1S/C77H150O17P2/c1-9-70(8)56-48-40-32-24-18-14-10-11-15-19-25-33-41-49-57-74(79)87-63-72(94-77(82)60-52-44-35-27-21-23-30-38-46-54-68(4)5)65-91-95(83,84)89-61-71(78)62-90-96(85,86)92-66-73(64-88-75(80)58-50-42-36-28-31-39-47-55-69(6)7)93-76(81)59-51-43-34-26-20-16-12-13-17-22-29-37-45-53-67(2)3/h67-73,78H,9-66H2,1-8H3,(H,83,84)(H,85,86)/t70?,71?,72-,73-/m1/s1. The summed E-state index contributed by atoms with van der Waals surface area (Å²) in [6, 6.07) is 0. The molecule has 19 heteroatoms. The van der Waals surface area contributed by atoms with Gasteiger partial charge in [0.25, 0.3) is 0 Å². The summed E-state index contributed by atoms with van der Waals surface area (Å²) < 4.78 is 68.5. The number of esters is 4. The number of phosphoric acid groups is 2. The molecule has 0 amide bonds. The van der Waals surface area contributed by atoms with Gasteiger partial charge in [-0.1, -0.05) is 338 Å². The molecule has 6 atom stereocenters. The van der Waals surface area contributed by atoms with Crippen molar-refractivity contribution >= 4 is 39.5 Å².